The van der Waals surface area contributed by atoms with Gasteiger partial charge in [-0.15, -0.1) is 0 Å². The van der Waals surface area contributed by atoms with E-state index in [1.54, 1.807) is 0 Å². The number of carbonyl (C=O) groups excluding carboxylic acids is 2. The Morgan fingerprint density at radius 1 is 1.35 bits per heavy atom. The van der Waals surface area contributed by atoms with Gasteiger partial charge in [0.1, 0.15) is 4.90 Å². The molecule has 1 atom stereocenters. The molecule has 0 heterocycles. The molecule has 1 saturated carbocycles. The highest BCUT2D eigenvalue weighted by atomic mass is 32.2. The van der Waals surface area contributed by atoms with Gasteiger partial charge in [0.25, 0.3) is 5.69 Å². The lowest BCUT2D eigenvalue weighted by atomic mass is 9.96. The summed E-state index contributed by atoms with van der Waals surface area (Å²) in [6.45, 7) is 0. The first-order chi connectivity index (χ1) is 10.7. The van der Waals surface area contributed by atoms with Crippen LogP contribution in [-0.2, 0) is 19.4 Å². The molecule has 0 bridgehead atoms. The number of hydrogen-bond acceptors (Lipinski definition) is 7. The zero-order valence-corrected chi connectivity index (χ0v) is 13.2. The fourth-order valence-corrected chi connectivity index (χ4v) is 3.20. The summed E-state index contributed by atoms with van der Waals surface area (Å²) in [4.78, 5) is 33.4. The van der Waals surface area contributed by atoms with Crippen molar-refractivity contribution in [2.24, 2.45) is 0 Å². The van der Waals surface area contributed by atoms with Gasteiger partial charge in [-0.3, -0.25) is 14.9 Å². The number of sulfone groups is 1. The number of hydrogen-bond donors (Lipinski definition) is 0. The van der Waals surface area contributed by atoms with Gasteiger partial charge in [-0.2, -0.15) is 0 Å². The molecule has 1 fully saturated rings. The van der Waals surface area contributed by atoms with Crippen LogP contribution in [0.4, 0.5) is 5.69 Å². The van der Waals surface area contributed by atoms with Gasteiger partial charge < -0.3 is 4.74 Å². The van der Waals surface area contributed by atoms with Crippen molar-refractivity contribution < 1.29 is 27.7 Å². The van der Waals surface area contributed by atoms with Crippen LogP contribution in [0.3, 0.4) is 0 Å². The molecule has 0 aromatic heterocycles. The van der Waals surface area contributed by atoms with Crippen LogP contribution in [0.1, 0.15) is 36.0 Å². The van der Waals surface area contributed by atoms with Gasteiger partial charge in [0.2, 0.25) is 0 Å². The van der Waals surface area contributed by atoms with E-state index in [2.05, 4.69) is 0 Å². The van der Waals surface area contributed by atoms with E-state index in [9.17, 15) is 28.1 Å². The maximum atomic E-state index is 12.0. The van der Waals surface area contributed by atoms with Crippen LogP contribution in [0.15, 0.2) is 23.1 Å². The smallest absolute Gasteiger partial charge is 0.339 e. The number of nitrogens with zero attached hydrogens (tertiary/aromatic N) is 1. The third kappa shape index (κ3) is 3.92. The Labute approximate surface area is 132 Å². The lowest BCUT2D eigenvalue weighted by Crippen LogP contribution is -2.30. The van der Waals surface area contributed by atoms with Crippen LogP contribution in [0.25, 0.3) is 0 Å². The second-order valence-electron chi connectivity index (χ2n) is 5.32. The molecule has 9 heteroatoms. The topological polar surface area (TPSA) is 121 Å². The van der Waals surface area contributed by atoms with E-state index in [0.29, 0.717) is 12.8 Å². The van der Waals surface area contributed by atoms with Gasteiger partial charge in [-0.1, -0.05) is 0 Å². The van der Waals surface area contributed by atoms with Gasteiger partial charge >= 0.3 is 5.97 Å². The molecule has 8 nitrogen and oxygen atoms in total. The molecular formula is C14H15NO7S. The monoisotopic (exact) mass is 341 g/mol. The second kappa shape index (κ2) is 6.45. The van der Waals surface area contributed by atoms with Crippen LogP contribution >= 0.6 is 0 Å². The number of ketones is 1. The highest BCUT2D eigenvalue weighted by Crippen LogP contribution is 2.26. The summed E-state index contributed by atoms with van der Waals surface area (Å²) in [5.41, 5.74) is -0.862. The number of benzene rings is 1. The number of nitro groups is 1. The largest absolute Gasteiger partial charge is 0.451 e. The molecule has 0 N–H and O–H groups in total. The predicted molar refractivity (Wildman–Crippen MR) is 78.9 cm³/mol. The number of nitro benzene ring substituents is 1. The lowest BCUT2D eigenvalue weighted by molar-refractivity contribution is -0.387. The van der Waals surface area contributed by atoms with E-state index < -0.39 is 37.4 Å². The molecule has 23 heavy (non-hydrogen) atoms. The van der Waals surface area contributed by atoms with Gasteiger partial charge in [-0.25, -0.2) is 13.2 Å². The van der Waals surface area contributed by atoms with Crippen molar-refractivity contribution in [1.82, 2.24) is 0 Å². The van der Waals surface area contributed by atoms with Crippen molar-refractivity contribution in [1.29, 1.82) is 0 Å². The fourth-order valence-electron chi connectivity index (χ4n) is 2.37. The van der Waals surface area contributed by atoms with Crippen molar-refractivity contribution in [2.75, 3.05) is 6.26 Å². The number of Topliss-reactive ketones (excluding diaryl/α,β-unsaturated/α-hetero) is 1. The van der Waals surface area contributed by atoms with Crippen molar-refractivity contribution >= 4 is 27.3 Å². The summed E-state index contributed by atoms with van der Waals surface area (Å²) in [6, 6.07) is 2.98. The van der Waals surface area contributed by atoms with Gasteiger partial charge in [-0.05, 0) is 31.4 Å². The summed E-state index contributed by atoms with van der Waals surface area (Å²) in [5, 5.41) is 11.0. The molecule has 0 saturated heterocycles. The highest BCUT2D eigenvalue weighted by molar-refractivity contribution is 7.90. The molecule has 0 aliphatic heterocycles. The van der Waals surface area contributed by atoms with E-state index in [1.165, 1.54) is 0 Å². The Bertz CT molecular complexity index is 769. The summed E-state index contributed by atoms with van der Waals surface area (Å²) in [5.74, 6) is -1.06. The van der Waals surface area contributed by atoms with Crippen molar-refractivity contribution in [2.45, 2.75) is 36.7 Å². The Morgan fingerprint density at radius 2 is 2.04 bits per heavy atom. The molecule has 124 valence electrons. The Hall–Kier alpha value is -2.29. The van der Waals surface area contributed by atoms with Crippen molar-refractivity contribution in [3.63, 3.8) is 0 Å². The molecule has 0 amide bonds. The molecule has 1 aliphatic carbocycles. The quantitative estimate of drug-likeness (QED) is 0.464. The molecule has 0 unspecified atom stereocenters. The normalized spacial score (nSPS) is 18.5. The van der Waals surface area contributed by atoms with Crippen molar-refractivity contribution in [3.8, 4) is 0 Å². The Balaban J connectivity index is 2.29. The standard InChI is InChI=1S/C14H15NO7S/c1-23(20,21)13-7-6-9(8-10(13)15(18)19)14(17)22-12-5-3-2-4-11(12)16/h6-8,12H,2-5H2,1H3/t12-/m1/s1. The maximum absolute atomic E-state index is 12.0. The summed E-state index contributed by atoms with van der Waals surface area (Å²) < 4.78 is 28.2. The minimum Gasteiger partial charge on any atom is -0.451 e. The number of rotatable bonds is 4. The zero-order valence-electron chi connectivity index (χ0n) is 12.4. The third-order valence-electron chi connectivity index (χ3n) is 3.54. The number of ether oxygens (including phenoxy) is 1. The van der Waals surface area contributed by atoms with E-state index in [-0.39, 0.29) is 11.3 Å². The average molecular weight is 341 g/mol. The van der Waals surface area contributed by atoms with Gasteiger partial charge in [0.15, 0.2) is 21.7 Å². The average Bonchev–Trinajstić information content (AvgIpc) is 2.48. The number of carbonyl (C=O) groups is 2. The van der Waals surface area contributed by atoms with E-state index in [4.69, 9.17) is 4.74 Å². The van der Waals surface area contributed by atoms with E-state index in [1.807, 2.05) is 0 Å². The van der Waals surface area contributed by atoms with Crippen LogP contribution in [-0.4, -0.2) is 37.5 Å². The van der Waals surface area contributed by atoms with Crippen LogP contribution in [0.2, 0.25) is 0 Å². The van der Waals surface area contributed by atoms with Crippen LogP contribution in [0, 0.1) is 10.1 Å². The molecule has 0 radical (unpaired) electrons. The summed E-state index contributed by atoms with van der Waals surface area (Å²) in [6.07, 6.45) is 2.27. The molecule has 2 rings (SSSR count). The fraction of sp³-hybridized carbons (Fsp3) is 0.429. The van der Waals surface area contributed by atoms with Crippen LogP contribution in [0.5, 0.6) is 0 Å². The van der Waals surface area contributed by atoms with Crippen molar-refractivity contribution in [3.05, 3.63) is 33.9 Å². The number of esters is 1. The molecule has 1 aromatic carbocycles. The first-order valence-electron chi connectivity index (χ1n) is 6.92. The summed E-state index contributed by atoms with van der Waals surface area (Å²) >= 11 is 0. The van der Waals surface area contributed by atoms with E-state index >= 15 is 0 Å². The Morgan fingerprint density at radius 3 is 2.61 bits per heavy atom. The molecule has 1 aromatic rings. The zero-order chi connectivity index (χ0) is 17.2. The minimum absolute atomic E-state index is 0.164. The minimum atomic E-state index is -3.80. The first-order valence-corrected chi connectivity index (χ1v) is 8.81. The maximum Gasteiger partial charge on any atom is 0.339 e. The van der Waals surface area contributed by atoms with Crippen LogP contribution < -0.4 is 0 Å². The highest BCUT2D eigenvalue weighted by Gasteiger charge is 2.28. The Kier molecular flexibility index (Phi) is 4.79. The third-order valence-corrected chi connectivity index (χ3v) is 4.68. The second-order valence-corrected chi connectivity index (χ2v) is 7.30. The SMILES string of the molecule is CS(=O)(=O)c1ccc(C(=O)O[C@@H]2CCCCC2=O)cc1[N+](=O)[O-]. The van der Waals surface area contributed by atoms with Gasteiger partial charge in [0.05, 0.1) is 10.5 Å². The molecule has 1 aliphatic rings. The molecule has 0 spiro atoms. The lowest BCUT2D eigenvalue weighted by Gasteiger charge is -2.20. The first kappa shape index (κ1) is 17.1. The summed E-state index contributed by atoms with van der Waals surface area (Å²) in [7, 11) is -3.80. The molecular weight excluding hydrogens is 326 g/mol. The van der Waals surface area contributed by atoms with Gasteiger partial charge in [0, 0.05) is 18.7 Å². The van der Waals surface area contributed by atoms with E-state index in [0.717, 1.165) is 37.3 Å². The predicted octanol–water partition coefficient (Wildman–Crippen LogP) is 1.67.